The van der Waals surface area contributed by atoms with Crippen molar-refractivity contribution in [1.82, 2.24) is 9.80 Å². The zero-order valence-electron chi connectivity index (χ0n) is 12.2. The molecule has 1 aromatic carbocycles. The Hall–Kier alpha value is -1.50. The maximum absolute atomic E-state index is 13.6. The molecular weight excluding hydrogens is 317 g/mol. The normalized spacial score (nSPS) is 15.8. The van der Waals surface area contributed by atoms with Gasteiger partial charge in [-0.25, -0.2) is 4.39 Å². The number of nitrogens with one attached hydrogen (secondary N) is 1. The lowest BCUT2D eigenvalue weighted by atomic mass is 10.2. The third-order valence-corrected chi connectivity index (χ3v) is 4.85. The highest BCUT2D eigenvalue weighted by molar-refractivity contribution is 7.80. The smallest absolute Gasteiger partial charge is 0.173 e. The molecule has 22 heavy (non-hydrogen) atoms. The molecule has 1 aromatic heterocycles. The number of halogens is 1. The molecule has 0 bridgehead atoms. The van der Waals surface area contributed by atoms with Crippen LogP contribution in [0.1, 0.15) is 5.56 Å². The van der Waals surface area contributed by atoms with Crippen LogP contribution in [0.4, 0.5) is 10.1 Å². The van der Waals surface area contributed by atoms with Crippen molar-refractivity contribution in [3.63, 3.8) is 0 Å². The van der Waals surface area contributed by atoms with E-state index >= 15 is 0 Å². The number of benzene rings is 1. The summed E-state index contributed by atoms with van der Waals surface area (Å²) in [5.41, 5.74) is 1.80. The van der Waals surface area contributed by atoms with Crippen molar-refractivity contribution < 1.29 is 4.39 Å². The molecule has 0 spiro atoms. The van der Waals surface area contributed by atoms with Gasteiger partial charge in [0.2, 0.25) is 0 Å². The minimum absolute atomic E-state index is 0.277. The number of para-hydroxylation sites is 1. The Morgan fingerprint density at radius 3 is 2.64 bits per heavy atom. The topological polar surface area (TPSA) is 18.5 Å². The molecule has 2 heterocycles. The number of nitrogens with zero attached hydrogens (tertiary/aromatic N) is 2. The second-order valence-corrected chi connectivity index (χ2v) is 6.47. The quantitative estimate of drug-likeness (QED) is 0.866. The van der Waals surface area contributed by atoms with Crippen LogP contribution in [0.5, 0.6) is 0 Å². The molecule has 1 aliphatic rings. The highest BCUT2D eigenvalue weighted by Gasteiger charge is 2.19. The van der Waals surface area contributed by atoms with Gasteiger partial charge in [0.1, 0.15) is 5.82 Å². The molecule has 0 unspecified atom stereocenters. The van der Waals surface area contributed by atoms with Crippen LogP contribution >= 0.6 is 23.6 Å². The van der Waals surface area contributed by atoms with Crippen LogP contribution in [0, 0.1) is 5.82 Å². The summed E-state index contributed by atoms with van der Waals surface area (Å²) in [6.45, 7) is 4.66. The summed E-state index contributed by atoms with van der Waals surface area (Å²) in [5.74, 6) is -0.277. The first-order chi connectivity index (χ1) is 10.7. The van der Waals surface area contributed by atoms with Gasteiger partial charge >= 0.3 is 0 Å². The van der Waals surface area contributed by atoms with Gasteiger partial charge in [0.25, 0.3) is 0 Å². The Labute approximate surface area is 139 Å². The van der Waals surface area contributed by atoms with Crippen molar-refractivity contribution in [2.75, 3.05) is 31.5 Å². The second-order valence-electron chi connectivity index (χ2n) is 5.30. The number of hydrogen-bond donors (Lipinski definition) is 1. The first kappa shape index (κ1) is 15.4. The molecule has 3 rings (SSSR count). The fraction of sp³-hybridized carbons (Fsp3) is 0.312. The van der Waals surface area contributed by atoms with E-state index in [0.29, 0.717) is 10.8 Å². The number of thiophene rings is 1. The molecule has 1 saturated heterocycles. The van der Waals surface area contributed by atoms with Gasteiger partial charge < -0.3 is 10.2 Å². The predicted molar refractivity (Wildman–Crippen MR) is 93.8 cm³/mol. The van der Waals surface area contributed by atoms with E-state index in [0.717, 1.165) is 32.7 Å². The Morgan fingerprint density at radius 2 is 1.95 bits per heavy atom. The van der Waals surface area contributed by atoms with Crippen molar-refractivity contribution in [3.8, 4) is 0 Å². The molecule has 1 aliphatic heterocycles. The van der Waals surface area contributed by atoms with Gasteiger partial charge in [-0.15, -0.1) is 0 Å². The molecule has 6 heteroatoms. The number of rotatable bonds is 3. The molecule has 0 aliphatic carbocycles. The zero-order valence-corrected chi connectivity index (χ0v) is 13.8. The molecule has 2 aromatic rings. The van der Waals surface area contributed by atoms with Crippen LogP contribution in [-0.2, 0) is 6.54 Å². The maximum Gasteiger partial charge on any atom is 0.173 e. The number of thiocarbonyl (C=S) groups is 1. The van der Waals surface area contributed by atoms with E-state index < -0.39 is 0 Å². The van der Waals surface area contributed by atoms with Gasteiger partial charge in [-0.2, -0.15) is 11.3 Å². The molecular formula is C16H18FN3S2. The van der Waals surface area contributed by atoms with Gasteiger partial charge in [0.15, 0.2) is 5.11 Å². The van der Waals surface area contributed by atoms with E-state index in [1.807, 2.05) is 0 Å². The summed E-state index contributed by atoms with van der Waals surface area (Å²) in [6, 6.07) is 8.78. The summed E-state index contributed by atoms with van der Waals surface area (Å²) < 4.78 is 13.6. The Bertz CT molecular complexity index is 622. The Kier molecular flexibility index (Phi) is 5.02. The third-order valence-electron chi connectivity index (χ3n) is 3.76. The standard InChI is InChI=1S/C16H18FN3S2/c17-14-3-1-2-4-15(14)18-16(21)20-8-6-19(7-9-20)11-13-5-10-22-12-13/h1-5,10,12H,6-9,11H2,(H,18,21). The van der Waals surface area contributed by atoms with Crippen molar-refractivity contribution in [2.45, 2.75) is 6.54 Å². The minimum atomic E-state index is -0.277. The second kappa shape index (κ2) is 7.17. The highest BCUT2D eigenvalue weighted by atomic mass is 32.1. The van der Waals surface area contributed by atoms with Gasteiger partial charge in [-0.05, 0) is 46.7 Å². The molecule has 0 amide bonds. The summed E-state index contributed by atoms with van der Waals surface area (Å²) in [7, 11) is 0. The summed E-state index contributed by atoms with van der Waals surface area (Å²) in [6.07, 6.45) is 0. The van der Waals surface area contributed by atoms with E-state index in [-0.39, 0.29) is 5.82 Å². The minimum Gasteiger partial charge on any atom is -0.346 e. The van der Waals surface area contributed by atoms with Gasteiger partial charge in [0, 0.05) is 32.7 Å². The Balaban J connectivity index is 1.50. The van der Waals surface area contributed by atoms with Crippen molar-refractivity contribution in [3.05, 3.63) is 52.5 Å². The SMILES string of the molecule is Fc1ccccc1NC(=S)N1CCN(Cc2ccsc2)CC1. The monoisotopic (exact) mass is 335 g/mol. The number of anilines is 1. The van der Waals surface area contributed by atoms with Crippen LogP contribution in [0.25, 0.3) is 0 Å². The van der Waals surface area contributed by atoms with Gasteiger partial charge in [-0.1, -0.05) is 12.1 Å². The van der Waals surface area contributed by atoms with Crippen LogP contribution in [0.15, 0.2) is 41.1 Å². The van der Waals surface area contributed by atoms with E-state index in [2.05, 4.69) is 31.9 Å². The van der Waals surface area contributed by atoms with Crippen LogP contribution in [0.2, 0.25) is 0 Å². The Morgan fingerprint density at radius 1 is 1.18 bits per heavy atom. The largest absolute Gasteiger partial charge is 0.346 e. The van der Waals surface area contributed by atoms with Gasteiger partial charge in [0.05, 0.1) is 5.69 Å². The lowest BCUT2D eigenvalue weighted by molar-refractivity contribution is 0.177. The maximum atomic E-state index is 13.6. The van der Waals surface area contributed by atoms with E-state index in [4.69, 9.17) is 12.2 Å². The first-order valence-electron chi connectivity index (χ1n) is 7.26. The van der Waals surface area contributed by atoms with Gasteiger partial charge in [-0.3, -0.25) is 4.90 Å². The van der Waals surface area contributed by atoms with Crippen LogP contribution in [-0.4, -0.2) is 41.1 Å². The highest BCUT2D eigenvalue weighted by Crippen LogP contribution is 2.15. The van der Waals surface area contributed by atoms with Crippen molar-refractivity contribution in [2.24, 2.45) is 0 Å². The fourth-order valence-corrected chi connectivity index (χ4v) is 3.46. The first-order valence-corrected chi connectivity index (χ1v) is 8.61. The fourth-order valence-electron chi connectivity index (χ4n) is 2.51. The molecule has 0 atom stereocenters. The summed E-state index contributed by atoms with van der Waals surface area (Å²) in [5, 5.41) is 7.90. The van der Waals surface area contributed by atoms with Crippen molar-refractivity contribution in [1.29, 1.82) is 0 Å². The molecule has 0 saturated carbocycles. The zero-order chi connectivity index (χ0) is 15.4. The average Bonchev–Trinajstić information content (AvgIpc) is 3.03. The van der Waals surface area contributed by atoms with Crippen molar-refractivity contribution >= 4 is 34.4 Å². The lowest BCUT2D eigenvalue weighted by Gasteiger charge is -2.36. The van der Waals surface area contributed by atoms with E-state index in [1.54, 1.807) is 29.5 Å². The number of hydrogen-bond acceptors (Lipinski definition) is 3. The average molecular weight is 335 g/mol. The van der Waals surface area contributed by atoms with Crippen LogP contribution in [0.3, 0.4) is 0 Å². The third kappa shape index (κ3) is 3.82. The van der Waals surface area contributed by atoms with Crippen LogP contribution < -0.4 is 5.32 Å². The molecule has 3 nitrogen and oxygen atoms in total. The summed E-state index contributed by atoms with van der Waals surface area (Å²) >= 11 is 7.13. The summed E-state index contributed by atoms with van der Waals surface area (Å²) in [4.78, 5) is 4.52. The lowest BCUT2D eigenvalue weighted by Crippen LogP contribution is -2.49. The van der Waals surface area contributed by atoms with E-state index in [9.17, 15) is 4.39 Å². The molecule has 116 valence electrons. The number of piperazine rings is 1. The molecule has 1 N–H and O–H groups in total. The predicted octanol–water partition coefficient (Wildman–Crippen LogP) is 3.40. The van der Waals surface area contributed by atoms with E-state index in [1.165, 1.54) is 11.6 Å². The molecule has 1 fully saturated rings. The molecule has 0 radical (unpaired) electrons.